The summed E-state index contributed by atoms with van der Waals surface area (Å²) in [5.74, 6) is 1.37. The molecule has 13 nitrogen and oxygen atoms in total. The van der Waals surface area contributed by atoms with Crippen LogP contribution >= 0.6 is 68.0 Å². The Balaban J connectivity index is 0.000000206. The molecule has 9 rings (SSSR count). The summed E-state index contributed by atoms with van der Waals surface area (Å²) in [4.78, 5) is 37.9. The van der Waals surface area contributed by atoms with E-state index in [1.165, 1.54) is 46.4 Å². The standard InChI is InChI=1S/C9H12FNOS.C8H9NO2.C7H11NOS.C6H10N2S.C6H9NS.C5H7NOS.C5H7NS/c1-6-5-11-8(13-6)12-7-3-9(2,10)4-7;1-6-4-7-8(9-5-6)11-3-2-10-7;1-5(2)9-7-8-4-6(3)10-7;1-5-4-7-6(9-5)8(2)3;1-4-5(2)8-6(3)7-4;1-4-3-6-5(7-2)8-4;1-4-3-6-5(2)7-4/h5,7H,3-4H2,1-2H3;4-5H,2-3H2,1H3;4-5H,1-3H3;4H,1-3H3;1-3H3;3H,1-2H3;3H,1-2H3. The van der Waals surface area contributed by atoms with Crippen molar-refractivity contribution in [2.24, 2.45) is 0 Å². The van der Waals surface area contributed by atoms with Gasteiger partial charge in [0.15, 0.2) is 10.9 Å². The molecule has 1 saturated carbocycles. The number of aromatic nitrogens is 7. The molecule has 2 aliphatic rings. The van der Waals surface area contributed by atoms with Crippen LogP contribution in [0.5, 0.6) is 27.2 Å². The highest BCUT2D eigenvalue weighted by molar-refractivity contribution is 7.15. The van der Waals surface area contributed by atoms with Gasteiger partial charge in [-0.15, -0.1) is 34.0 Å². The van der Waals surface area contributed by atoms with Gasteiger partial charge in [-0.2, -0.15) is 0 Å². The molecule has 0 unspecified atom stereocenters. The van der Waals surface area contributed by atoms with Crippen molar-refractivity contribution in [2.75, 3.05) is 39.3 Å². The van der Waals surface area contributed by atoms with E-state index in [-0.39, 0.29) is 12.2 Å². The SMILES string of the molecule is COc1ncc(C)s1.Cc1cnc(C)s1.Cc1cnc(N(C)C)s1.Cc1cnc(OC(C)C)s1.Cc1cnc(OC2CC(C)(F)C2)s1.Cc1cnc2c(c1)OCCO2.Cc1nc(C)c(C)s1. The highest BCUT2D eigenvalue weighted by atomic mass is 32.1. The molecule has 0 radical (unpaired) electrons. The summed E-state index contributed by atoms with van der Waals surface area (Å²) in [7, 11) is 5.62. The number of aryl methyl sites for hydroxylation is 10. The van der Waals surface area contributed by atoms with Crippen molar-refractivity contribution in [2.45, 2.75) is 121 Å². The first-order valence-electron chi connectivity index (χ1n) is 21.1. The molecule has 8 heterocycles. The molecule has 0 spiro atoms. The largest absolute Gasteiger partial charge is 0.484 e. The molecule has 0 bridgehead atoms. The van der Waals surface area contributed by atoms with Crippen LogP contribution in [-0.2, 0) is 0 Å². The van der Waals surface area contributed by atoms with Crippen LogP contribution in [0, 0.1) is 69.2 Å². The molecule has 1 aliphatic heterocycles. The van der Waals surface area contributed by atoms with Gasteiger partial charge in [0.1, 0.15) is 25.0 Å². The number of thiazole rings is 6. The summed E-state index contributed by atoms with van der Waals surface area (Å²) in [6.45, 7) is 27.1. The minimum absolute atomic E-state index is 0.0283. The van der Waals surface area contributed by atoms with E-state index in [4.69, 9.17) is 23.7 Å². The smallest absolute Gasteiger partial charge is 0.273 e. The van der Waals surface area contributed by atoms with Crippen LogP contribution < -0.4 is 28.6 Å². The lowest BCUT2D eigenvalue weighted by Crippen LogP contribution is -2.44. The molecule has 66 heavy (non-hydrogen) atoms. The zero-order valence-corrected chi connectivity index (χ0v) is 45.9. The number of pyridine rings is 1. The first-order valence-corrected chi connectivity index (χ1v) is 26.0. The van der Waals surface area contributed by atoms with Gasteiger partial charge >= 0.3 is 0 Å². The van der Waals surface area contributed by atoms with Crippen LogP contribution in [0.3, 0.4) is 0 Å². The zero-order valence-electron chi connectivity index (χ0n) is 41.0. The van der Waals surface area contributed by atoms with E-state index in [9.17, 15) is 4.39 Å². The highest BCUT2D eigenvalue weighted by Gasteiger charge is 2.42. The topological polar surface area (TPSA) is 140 Å². The lowest BCUT2D eigenvalue weighted by atomic mass is 9.81. The zero-order chi connectivity index (χ0) is 49.0. The average Bonchev–Trinajstić information content (AvgIpc) is 4.12. The average molecular weight is 1020 g/mol. The predicted octanol–water partition coefficient (Wildman–Crippen LogP) is 12.9. The van der Waals surface area contributed by atoms with Gasteiger partial charge in [-0.3, -0.25) is 0 Å². The van der Waals surface area contributed by atoms with Gasteiger partial charge in [-0.25, -0.2) is 39.3 Å². The van der Waals surface area contributed by atoms with E-state index >= 15 is 0 Å². The Morgan fingerprint density at radius 1 is 0.652 bits per heavy atom. The fraction of sp³-hybridized carbons (Fsp3) is 0.500. The van der Waals surface area contributed by atoms with Crippen LogP contribution in [-0.4, -0.2) is 87.2 Å². The van der Waals surface area contributed by atoms with Crippen molar-refractivity contribution >= 4 is 73.2 Å². The number of rotatable bonds is 6. The molecule has 1 aliphatic carbocycles. The van der Waals surface area contributed by atoms with Crippen LogP contribution in [0.25, 0.3) is 0 Å². The molecule has 0 amide bonds. The number of ether oxygens (including phenoxy) is 5. The van der Waals surface area contributed by atoms with Crippen LogP contribution in [0.2, 0.25) is 0 Å². The summed E-state index contributed by atoms with van der Waals surface area (Å²) in [5, 5.41) is 5.57. The summed E-state index contributed by atoms with van der Waals surface area (Å²) in [6.07, 6.45) is 12.2. The van der Waals surface area contributed by atoms with Crippen molar-refractivity contribution in [1.82, 2.24) is 34.9 Å². The van der Waals surface area contributed by atoms with E-state index in [1.807, 2.05) is 106 Å². The van der Waals surface area contributed by atoms with Crippen molar-refractivity contribution in [3.63, 3.8) is 0 Å². The fourth-order valence-corrected chi connectivity index (χ4v) is 9.35. The number of alkyl halides is 1. The molecule has 7 aromatic rings. The van der Waals surface area contributed by atoms with Crippen molar-refractivity contribution in [3.8, 4) is 27.2 Å². The molecule has 0 N–H and O–H groups in total. The number of nitrogens with zero attached hydrogens (tertiary/aromatic N) is 8. The molecule has 362 valence electrons. The lowest BCUT2D eigenvalue weighted by Gasteiger charge is -2.37. The first kappa shape index (κ1) is 56.0. The molecule has 20 heteroatoms. The van der Waals surface area contributed by atoms with Crippen LogP contribution in [0.15, 0.2) is 43.2 Å². The number of halogens is 1. The Hall–Kier alpha value is -4.34. The van der Waals surface area contributed by atoms with E-state index in [2.05, 4.69) is 55.7 Å². The van der Waals surface area contributed by atoms with Gasteiger partial charge in [-0.05, 0) is 102 Å². The summed E-state index contributed by atoms with van der Waals surface area (Å²) in [6, 6.07) is 1.93. The number of fused-ring (bicyclic) bond motifs is 1. The maximum absolute atomic E-state index is 13.1. The van der Waals surface area contributed by atoms with Gasteiger partial charge in [0.25, 0.3) is 21.5 Å². The molecule has 0 aromatic carbocycles. The Morgan fingerprint density at radius 2 is 1.18 bits per heavy atom. The molecular weight excluding hydrogens is 956 g/mol. The van der Waals surface area contributed by atoms with Gasteiger partial charge in [0.2, 0.25) is 0 Å². The summed E-state index contributed by atoms with van der Waals surface area (Å²) in [5.41, 5.74) is 1.25. The van der Waals surface area contributed by atoms with Crippen molar-refractivity contribution in [3.05, 3.63) is 93.8 Å². The fourth-order valence-electron chi connectivity index (χ4n) is 5.20. The Kier molecular flexibility index (Phi) is 23.8. The molecule has 0 atom stereocenters. The maximum Gasteiger partial charge on any atom is 0.273 e. The van der Waals surface area contributed by atoms with Gasteiger partial charge < -0.3 is 28.6 Å². The molecule has 0 saturated heterocycles. The van der Waals surface area contributed by atoms with Crippen LogP contribution in [0.4, 0.5) is 9.52 Å². The van der Waals surface area contributed by atoms with Gasteiger partial charge in [0, 0.05) is 93.4 Å². The second-order valence-electron chi connectivity index (χ2n) is 15.7. The van der Waals surface area contributed by atoms with Gasteiger partial charge in [0.05, 0.1) is 28.9 Å². The number of anilines is 1. The predicted molar refractivity (Wildman–Crippen MR) is 275 cm³/mol. The van der Waals surface area contributed by atoms with Crippen molar-refractivity contribution < 1.29 is 28.1 Å². The number of methoxy groups -OCH3 is 1. The monoisotopic (exact) mass is 1020 g/mol. The molecule has 1 fully saturated rings. The quantitative estimate of drug-likeness (QED) is 0.156. The van der Waals surface area contributed by atoms with E-state index in [1.54, 1.807) is 89.3 Å². The minimum Gasteiger partial charge on any atom is -0.484 e. The molecular formula is C46H65FN8O5S6. The lowest BCUT2D eigenvalue weighted by molar-refractivity contribution is -0.0292. The third-order valence-electron chi connectivity index (χ3n) is 8.28. The van der Waals surface area contributed by atoms with E-state index < -0.39 is 5.67 Å². The number of hydrogen-bond acceptors (Lipinski definition) is 19. The highest BCUT2D eigenvalue weighted by Crippen LogP contribution is 2.38. The van der Waals surface area contributed by atoms with Crippen LogP contribution in [0.1, 0.15) is 84.1 Å². The van der Waals surface area contributed by atoms with Crippen molar-refractivity contribution in [1.29, 1.82) is 0 Å². The summed E-state index contributed by atoms with van der Waals surface area (Å²) < 4.78 is 39.3. The van der Waals surface area contributed by atoms with E-state index in [0.717, 1.165) is 36.7 Å². The summed E-state index contributed by atoms with van der Waals surface area (Å²) >= 11 is 9.85. The maximum atomic E-state index is 13.1. The Morgan fingerprint density at radius 3 is 1.55 bits per heavy atom. The van der Waals surface area contributed by atoms with E-state index in [0.29, 0.717) is 37.1 Å². The minimum atomic E-state index is -1.02. The third kappa shape index (κ3) is 22.0. The second-order valence-corrected chi connectivity index (χ2v) is 23.3. The third-order valence-corrected chi connectivity index (χ3v) is 13.7. The normalized spacial score (nSPS) is 15.1. The Bertz CT molecular complexity index is 2400. The first-order chi connectivity index (χ1) is 31.1. The number of hydrogen-bond donors (Lipinski definition) is 0. The Labute approximate surface area is 414 Å². The second kappa shape index (κ2) is 28.1. The van der Waals surface area contributed by atoms with Gasteiger partial charge in [-0.1, -0.05) is 34.0 Å². The molecule has 7 aromatic heterocycles.